The van der Waals surface area contributed by atoms with Crippen molar-refractivity contribution in [2.45, 2.75) is 57.2 Å². The van der Waals surface area contributed by atoms with Crippen molar-refractivity contribution in [2.75, 3.05) is 26.3 Å². The van der Waals surface area contributed by atoms with E-state index in [1.165, 1.54) is 25.7 Å². The van der Waals surface area contributed by atoms with Gasteiger partial charge in [0.2, 0.25) is 0 Å². The number of nitrogens with one attached hydrogen (secondary N) is 1. The summed E-state index contributed by atoms with van der Waals surface area (Å²) in [5.74, 6) is 0. The zero-order valence-corrected chi connectivity index (χ0v) is 10.5. The van der Waals surface area contributed by atoms with Gasteiger partial charge >= 0.3 is 0 Å². The Hall–Kier alpha value is -0.120. The molecule has 1 aliphatic heterocycles. The summed E-state index contributed by atoms with van der Waals surface area (Å²) in [4.78, 5) is 0. The maximum atomic E-state index is 5.99. The lowest BCUT2D eigenvalue weighted by Crippen LogP contribution is -2.41. The molecule has 0 radical (unpaired) electrons. The van der Waals surface area contributed by atoms with Crippen molar-refractivity contribution in [1.29, 1.82) is 0 Å². The molecule has 0 amide bonds. The Bertz CT molecular complexity index is 202. The van der Waals surface area contributed by atoms with Crippen LogP contribution in [0.4, 0.5) is 0 Å². The molecule has 1 heterocycles. The van der Waals surface area contributed by atoms with Crippen LogP contribution in [0.15, 0.2) is 0 Å². The maximum Gasteiger partial charge on any atom is 0.0707 e. The summed E-state index contributed by atoms with van der Waals surface area (Å²) < 4.78 is 11.9. The molecule has 3 heteroatoms. The first-order chi connectivity index (χ1) is 7.85. The lowest BCUT2D eigenvalue weighted by Gasteiger charge is -2.38. The quantitative estimate of drug-likeness (QED) is 0.730. The highest BCUT2D eigenvalue weighted by Crippen LogP contribution is 2.40. The summed E-state index contributed by atoms with van der Waals surface area (Å²) in [5, 5.41) is 3.29. The Morgan fingerprint density at radius 2 is 2.19 bits per heavy atom. The highest BCUT2D eigenvalue weighted by molar-refractivity contribution is 4.91. The molecule has 2 aliphatic rings. The van der Waals surface area contributed by atoms with Crippen LogP contribution in [0.2, 0.25) is 0 Å². The van der Waals surface area contributed by atoms with Crippen LogP contribution in [-0.4, -0.2) is 38.0 Å². The number of ether oxygens (including phenoxy) is 2. The molecule has 1 N–H and O–H groups in total. The third-order valence-corrected chi connectivity index (χ3v) is 3.84. The van der Waals surface area contributed by atoms with E-state index in [0.717, 1.165) is 39.1 Å². The van der Waals surface area contributed by atoms with Crippen LogP contribution in [0, 0.1) is 0 Å². The predicted molar refractivity (Wildman–Crippen MR) is 64.7 cm³/mol. The molecular formula is C13H25NO2. The van der Waals surface area contributed by atoms with Crippen molar-refractivity contribution in [1.82, 2.24) is 5.32 Å². The average molecular weight is 227 g/mol. The van der Waals surface area contributed by atoms with Gasteiger partial charge in [-0.05, 0) is 25.8 Å². The molecule has 1 atom stereocenters. The van der Waals surface area contributed by atoms with Crippen LogP contribution < -0.4 is 5.32 Å². The lowest BCUT2D eigenvalue weighted by atomic mass is 9.90. The topological polar surface area (TPSA) is 30.5 Å². The molecule has 0 aromatic heterocycles. The van der Waals surface area contributed by atoms with E-state index in [0.29, 0.717) is 6.10 Å². The van der Waals surface area contributed by atoms with Crippen molar-refractivity contribution in [3.63, 3.8) is 0 Å². The summed E-state index contributed by atoms with van der Waals surface area (Å²) in [6.45, 7) is 5.87. The summed E-state index contributed by atoms with van der Waals surface area (Å²) in [6.07, 6.45) is 7.81. The predicted octanol–water partition coefficient (Wildman–Crippen LogP) is 2.10. The molecule has 94 valence electrons. The molecule has 1 saturated carbocycles. The highest BCUT2D eigenvalue weighted by Gasteiger charge is 2.40. The Labute approximate surface area is 98.9 Å². The van der Waals surface area contributed by atoms with Crippen molar-refractivity contribution in [2.24, 2.45) is 0 Å². The number of hydrogen-bond donors (Lipinski definition) is 1. The van der Waals surface area contributed by atoms with E-state index < -0.39 is 0 Å². The molecule has 2 rings (SSSR count). The Balaban J connectivity index is 1.70. The Morgan fingerprint density at radius 1 is 1.38 bits per heavy atom. The van der Waals surface area contributed by atoms with E-state index in [1.54, 1.807) is 0 Å². The summed E-state index contributed by atoms with van der Waals surface area (Å²) in [5.41, 5.74) is 0.196. The van der Waals surface area contributed by atoms with Crippen LogP contribution in [0.25, 0.3) is 0 Å². The number of rotatable bonds is 5. The van der Waals surface area contributed by atoms with E-state index >= 15 is 0 Å². The molecule has 1 spiro atoms. The molecule has 0 aromatic rings. The first kappa shape index (κ1) is 12.3. The van der Waals surface area contributed by atoms with Crippen molar-refractivity contribution >= 4 is 0 Å². The molecule has 1 aliphatic carbocycles. The smallest absolute Gasteiger partial charge is 0.0707 e. The molecule has 0 aromatic carbocycles. The molecule has 0 bridgehead atoms. The number of hydrogen-bond acceptors (Lipinski definition) is 3. The van der Waals surface area contributed by atoms with Crippen LogP contribution in [-0.2, 0) is 9.47 Å². The van der Waals surface area contributed by atoms with Crippen LogP contribution in [0.1, 0.15) is 45.4 Å². The summed E-state index contributed by atoms with van der Waals surface area (Å²) in [6, 6.07) is 0. The van der Waals surface area contributed by atoms with Crippen molar-refractivity contribution < 1.29 is 9.47 Å². The zero-order valence-electron chi connectivity index (χ0n) is 10.5. The van der Waals surface area contributed by atoms with Crippen LogP contribution >= 0.6 is 0 Å². The second-order valence-electron chi connectivity index (χ2n) is 5.08. The zero-order chi connectivity index (χ0) is 11.3. The van der Waals surface area contributed by atoms with Gasteiger partial charge in [0.05, 0.1) is 18.3 Å². The fourth-order valence-corrected chi connectivity index (χ4v) is 2.97. The van der Waals surface area contributed by atoms with Gasteiger partial charge < -0.3 is 14.8 Å². The summed E-state index contributed by atoms with van der Waals surface area (Å²) >= 11 is 0. The largest absolute Gasteiger partial charge is 0.377 e. The highest BCUT2D eigenvalue weighted by atomic mass is 16.5. The van der Waals surface area contributed by atoms with E-state index in [1.807, 2.05) is 0 Å². The van der Waals surface area contributed by atoms with E-state index in [4.69, 9.17) is 9.47 Å². The molecular weight excluding hydrogens is 202 g/mol. The fourth-order valence-electron chi connectivity index (χ4n) is 2.97. The maximum absolute atomic E-state index is 5.99. The van der Waals surface area contributed by atoms with E-state index in [9.17, 15) is 0 Å². The minimum Gasteiger partial charge on any atom is -0.377 e. The van der Waals surface area contributed by atoms with Crippen molar-refractivity contribution in [3.05, 3.63) is 0 Å². The molecule has 16 heavy (non-hydrogen) atoms. The third-order valence-electron chi connectivity index (χ3n) is 3.84. The van der Waals surface area contributed by atoms with Gasteiger partial charge in [-0.25, -0.2) is 0 Å². The Morgan fingerprint density at radius 3 is 2.94 bits per heavy atom. The van der Waals surface area contributed by atoms with Gasteiger partial charge in [-0.2, -0.15) is 0 Å². The molecule has 2 fully saturated rings. The van der Waals surface area contributed by atoms with Gasteiger partial charge in [0.15, 0.2) is 0 Å². The second kappa shape index (κ2) is 5.99. The van der Waals surface area contributed by atoms with E-state index in [-0.39, 0.29) is 5.60 Å². The van der Waals surface area contributed by atoms with Gasteiger partial charge in [0.25, 0.3) is 0 Å². The lowest BCUT2D eigenvalue weighted by molar-refractivity contribution is -0.129. The van der Waals surface area contributed by atoms with Gasteiger partial charge in [0.1, 0.15) is 0 Å². The summed E-state index contributed by atoms with van der Waals surface area (Å²) in [7, 11) is 0. The standard InChI is InChI=1S/C13H25NO2/c1-2-14-8-10-15-12-5-9-16-13(11-12)6-3-4-7-13/h12,14H,2-11H2,1H3. The number of likely N-dealkylation sites (N-methyl/N-ethyl adjacent to an activating group) is 1. The normalized spacial score (nSPS) is 28.7. The van der Waals surface area contributed by atoms with Gasteiger partial charge in [0, 0.05) is 19.6 Å². The SMILES string of the molecule is CCNCCOC1CCOC2(CCCC2)C1. The Kier molecular flexibility index (Phi) is 4.62. The fraction of sp³-hybridized carbons (Fsp3) is 1.00. The van der Waals surface area contributed by atoms with Crippen molar-refractivity contribution in [3.8, 4) is 0 Å². The van der Waals surface area contributed by atoms with Gasteiger partial charge in [-0.1, -0.05) is 19.8 Å². The third kappa shape index (κ3) is 3.19. The minimum absolute atomic E-state index is 0.196. The van der Waals surface area contributed by atoms with Crippen LogP contribution in [0.5, 0.6) is 0 Å². The van der Waals surface area contributed by atoms with Crippen LogP contribution in [0.3, 0.4) is 0 Å². The molecule has 1 unspecified atom stereocenters. The molecule has 3 nitrogen and oxygen atoms in total. The van der Waals surface area contributed by atoms with E-state index in [2.05, 4.69) is 12.2 Å². The first-order valence-electron chi connectivity index (χ1n) is 6.81. The molecule has 1 saturated heterocycles. The minimum atomic E-state index is 0.196. The average Bonchev–Trinajstić information content (AvgIpc) is 2.73. The first-order valence-corrected chi connectivity index (χ1v) is 6.81. The second-order valence-corrected chi connectivity index (χ2v) is 5.08. The monoisotopic (exact) mass is 227 g/mol. The van der Waals surface area contributed by atoms with Gasteiger partial charge in [-0.3, -0.25) is 0 Å². The van der Waals surface area contributed by atoms with Gasteiger partial charge in [-0.15, -0.1) is 0 Å².